The van der Waals surface area contributed by atoms with Gasteiger partial charge in [0, 0.05) is 15.5 Å². The van der Waals surface area contributed by atoms with Crippen molar-refractivity contribution in [2.24, 2.45) is 0 Å². The molecule has 24 heavy (non-hydrogen) atoms. The summed E-state index contributed by atoms with van der Waals surface area (Å²) in [6.07, 6.45) is 0. The molecule has 0 bridgehead atoms. The van der Waals surface area contributed by atoms with Gasteiger partial charge in [-0.25, -0.2) is 0 Å². The molecule has 3 rings (SSSR count). The number of hydrogen-bond donors (Lipinski definition) is 2. The molecule has 122 valence electrons. The quantitative estimate of drug-likeness (QED) is 0.596. The summed E-state index contributed by atoms with van der Waals surface area (Å²) in [5, 5.41) is 6.83. The van der Waals surface area contributed by atoms with Crippen molar-refractivity contribution in [3.63, 3.8) is 0 Å². The van der Waals surface area contributed by atoms with Crippen LogP contribution in [-0.4, -0.2) is 11.0 Å². The van der Waals surface area contributed by atoms with Crippen molar-refractivity contribution in [1.29, 1.82) is 0 Å². The molecule has 0 saturated heterocycles. The van der Waals surface area contributed by atoms with Crippen LogP contribution in [0.5, 0.6) is 0 Å². The van der Waals surface area contributed by atoms with E-state index in [2.05, 4.69) is 26.6 Å². The Kier molecular flexibility index (Phi) is 4.69. The molecule has 0 unspecified atom stereocenters. The second kappa shape index (κ2) is 6.75. The molecule has 1 heterocycles. The topological polar surface area (TPSA) is 54.3 Å². The molecule has 0 atom stereocenters. The zero-order valence-electron chi connectivity index (χ0n) is 13.1. The summed E-state index contributed by atoms with van der Waals surface area (Å²) in [5.41, 5.74) is 3.61. The molecule has 0 spiro atoms. The lowest BCUT2D eigenvalue weighted by Crippen LogP contribution is -2.34. The van der Waals surface area contributed by atoms with Crippen LogP contribution in [0, 0.1) is 13.8 Å². The van der Waals surface area contributed by atoms with E-state index in [0.29, 0.717) is 5.58 Å². The number of nitrogens with one attached hydrogen (secondary N) is 2. The lowest BCUT2D eigenvalue weighted by atomic mass is 10.1. The van der Waals surface area contributed by atoms with E-state index in [4.69, 9.17) is 16.6 Å². The number of furan rings is 1. The number of fused-ring (bicyclic) bond motifs is 1. The number of hydrogen-bond acceptors (Lipinski definition) is 3. The van der Waals surface area contributed by atoms with Crippen LogP contribution in [0.15, 0.2) is 51.4 Å². The van der Waals surface area contributed by atoms with E-state index in [0.717, 1.165) is 26.7 Å². The monoisotopic (exact) mass is 402 g/mol. The van der Waals surface area contributed by atoms with Gasteiger partial charge in [0.15, 0.2) is 10.9 Å². The standard InChI is InChI=1S/C18H15BrN2O2S/c1-10-7-13(19)8-11(2)16(10)20-18(24)21-17(22)15-9-12-5-3-4-6-14(12)23-15/h3-9H,1-2H3,(H2,20,21,22,24). The maximum Gasteiger partial charge on any atom is 0.293 e. The first-order valence-electron chi connectivity index (χ1n) is 7.31. The lowest BCUT2D eigenvalue weighted by Gasteiger charge is -2.14. The van der Waals surface area contributed by atoms with Crippen molar-refractivity contribution in [3.8, 4) is 0 Å². The minimum atomic E-state index is -0.379. The highest BCUT2D eigenvalue weighted by atomic mass is 79.9. The van der Waals surface area contributed by atoms with Gasteiger partial charge in [-0.1, -0.05) is 34.1 Å². The first-order valence-corrected chi connectivity index (χ1v) is 8.52. The van der Waals surface area contributed by atoms with Gasteiger partial charge in [-0.2, -0.15) is 0 Å². The molecule has 1 aromatic heterocycles. The maximum absolute atomic E-state index is 12.3. The van der Waals surface area contributed by atoms with Gasteiger partial charge >= 0.3 is 0 Å². The van der Waals surface area contributed by atoms with Gasteiger partial charge in [0.05, 0.1) is 0 Å². The largest absolute Gasteiger partial charge is 0.451 e. The SMILES string of the molecule is Cc1cc(Br)cc(C)c1NC(=S)NC(=O)c1cc2ccccc2o1. The zero-order valence-corrected chi connectivity index (χ0v) is 15.5. The molecular formula is C18H15BrN2O2S. The number of carbonyl (C=O) groups excluding carboxylic acids is 1. The van der Waals surface area contributed by atoms with Crippen LogP contribution < -0.4 is 10.6 Å². The fourth-order valence-corrected chi connectivity index (χ4v) is 3.39. The zero-order chi connectivity index (χ0) is 17.3. The van der Waals surface area contributed by atoms with Gasteiger partial charge in [0.25, 0.3) is 5.91 Å². The Bertz CT molecular complexity index is 893. The van der Waals surface area contributed by atoms with Crippen LogP contribution in [0.1, 0.15) is 21.7 Å². The molecular weight excluding hydrogens is 388 g/mol. The minimum absolute atomic E-state index is 0.226. The van der Waals surface area contributed by atoms with E-state index in [-0.39, 0.29) is 16.8 Å². The van der Waals surface area contributed by atoms with Crippen molar-refractivity contribution in [2.45, 2.75) is 13.8 Å². The summed E-state index contributed by atoms with van der Waals surface area (Å²) >= 11 is 8.71. The average Bonchev–Trinajstić information content (AvgIpc) is 2.95. The van der Waals surface area contributed by atoms with Crippen molar-refractivity contribution >= 4 is 55.8 Å². The third-order valence-corrected chi connectivity index (χ3v) is 4.27. The number of aryl methyl sites for hydroxylation is 2. The highest BCUT2D eigenvalue weighted by molar-refractivity contribution is 9.10. The third-order valence-electron chi connectivity index (χ3n) is 3.61. The average molecular weight is 403 g/mol. The van der Waals surface area contributed by atoms with Crippen molar-refractivity contribution in [3.05, 3.63) is 63.8 Å². The fraction of sp³-hybridized carbons (Fsp3) is 0.111. The Morgan fingerprint density at radius 1 is 1.12 bits per heavy atom. The molecule has 0 saturated carbocycles. The molecule has 1 amide bonds. The maximum atomic E-state index is 12.3. The van der Waals surface area contributed by atoms with Gasteiger partial charge in [0.1, 0.15) is 5.58 Å². The second-order valence-corrected chi connectivity index (χ2v) is 6.80. The van der Waals surface area contributed by atoms with Gasteiger partial charge in [-0.3, -0.25) is 10.1 Å². The summed E-state index contributed by atoms with van der Waals surface area (Å²) in [6.45, 7) is 3.95. The molecule has 0 fully saturated rings. The van der Waals surface area contributed by atoms with E-state index in [1.807, 2.05) is 50.2 Å². The van der Waals surface area contributed by atoms with E-state index in [9.17, 15) is 4.79 Å². The summed E-state index contributed by atoms with van der Waals surface area (Å²) in [5.74, 6) is -0.152. The number of anilines is 1. The van der Waals surface area contributed by atoms with Gasteiger partial charge in [0.2, 0.25) is 0 Å². The Balaban J connectivity index is 1.74. The van der Waals surface area contributed by atoms with E-state index >= 15 is 0 Å². The number of para-hydroxylation sites is 1. The van der Waals surface area contributed by atoms with Gasteiger partial charge in [-0.05, 0) is 61.5 Å². The van der Waals surface area contributed by atoms with E-state index in [1.54, 1.807) is 6.07 Å². The van der Waals surface area contributed by atoms with Crippen LogP contribution in [-0.2, 0) is 0 Å². The van der Waals surface area contributed by atoms with E-state index in [1.165, 1.54) is 0 Å². The predicted molar refractivity (Wildman–Crippen MR) is 104 cm³/mol. The van der Waals surface area contributed by atoms with Crippen molar-refractivity contribution in [1.82, 2.24) is 5.32 Å². The molecule has 2 aromatic carbocycles. The van der Waals surface area contributed by atoms with Crippen LogP contribution in [0.3, 0.4) is 0 Å². The predicted octanol–water partition coefficient (Wildman–Crippen LogP) is 4.94. The molecule has 0 aliphatic rings. The number of benzene rings is 2. The Labute approximate surface area is 153 Å². The van der Waals surface area contributed by atoms with Crippen LogP contribution >= 0.6 is 28.1 Å². The summed E-state index contributed by atoms with van der Waals surface area (Å²) in [7, 11) is 0. The first kappa shape index (κ1) is 16.7. The number of halogens is 1. The fourth-order valence-electron chi connectivity index (χ4n) is 2.51. The second-order valence-electron chi connectivity index (χ2n) is 5.47. The molecule has 0 radical (unpaired) electrons. The number of thiocarbonyl (C=S) groups is 1. The molecule has 0 aliphatic heterocycles. The van der Waals surface area contributed by atoms with Crippen LogP contribution in [0.4, 0.5) is 5.69 Å². The molecule has 3 aromatic rings. The number of amides is 1. The lowest BCUT2D eigenvalue weighted by molar-refractivity contribution is 0.0953. The summed E-state index contributed by atoms with van der Waals surface area (Å²) < 4.78 is 6.54. The Morgan fingerprint density at radius 3 is 2.46 bits per heavy atom. The molecule has 2 N–H and O–H groups in total. The van der Waals surface area contributed by atoms with Gasteiger partial charge < -0.3 is 9.73 Å². The minimum Gasteiger partial charge on any atom is -0.451 e. The van der Waals surface area contributed by atoms with E-state index < -0.39 is 0 Å². The number of carbonyl (C=O) groups is 1. The number of rotatable bonds is 2. The van der Waals surface area contributed by atoms with Crippen molar-refractivity contribution in [2.75, 3.05) is 5.32 Å². The van der Waals surface area contributed by atoms with Gasteiger partial charge in [-0.15, -0.1) is 0 Å². The highest BCUT2D eigenvalue weighted by Gasteiger charge is 2.14. The smallest absolute Gasteiger partial charge is 0.293 e. The highest BCUT2D eigenvalue weighted by Crippen LogP contribution is 2.25. The van der Waals surface area contributed by atoms with Crippen LogP contribution in [0.2, 0.25) is 0 Å². The molecule has 0 aliphatic carbocycles. The molecule has 6 heteroatoms. The van der Waals surface area contributed by atoms with Crippen LogP contribution in [0.25, 0.3) is 11.0 Å². The third kappa shape index (κ3) is 3.49. The molecule has 4 nitrogen and oxygen atoms in total. The summed E-state index contributed by atoms with van der Waals surface area (Å²) in [4.78, 5) is 12.3. The summed E-state index contributed by atoms with van der Waals surface area (Å²) in [6, 6.07) is 13.1. The Morgan fingerprint density at radius 2 is 1.79 bits per heavy atom. The Hall–Kier alpha value is -2.18. The normalized spacial score (nSPS) is 10.6. The van der Waals surface area contributed by atoms with Crippen molar-refractivity contribution < 1.29 is 9.21 Å². The first-order chi connectivity index (χ1) is 11.4.